The zero-order valence-electron chi connectivity index (χ0n) is 11.5. The Morgan fingerprint density at radius 1 is 1.14 bits per heavy atom. The van der Waals surface area contributed by atoms with Crippen molar-refractivity contribution in [1.29, 1.82) is 0 Å². The molecule has 0 spiro atoms. The predicted octanol–water partition coefficient (Wildman–Crippen LogP) is 2.99. The van der Waals surface area contributed by atoms with Crippen molar-refractivity contribution in [3.8, 4) is 0 Å². The molecule has 1 aliphatic carbocycles. The Morgan fingerprint density at radius 2 is 1.71 bits per heavy atom. The van der Waals surface area contributed by atoms with Crippen LogP contribution < -0.4 is 5.32 Å². The molecule has 0 saturated heterocycles. The average molecular weight is 301 g/mol. The minimum Gasteiger partial charge on any atom is -0.393 e. The highest BCUT2D eigenvalue weighted by Gasteiger charge is 2.30. The molecule has 0 aliphatic heterocycles. The Morgan fingerprint density at radius 3 is 2.24 bits per heavy atom. The van der Waals surface area contributed by atoms with Crippen molar-refractivity contribution in [1.82, 2.24) is 5.32 Å². The monoisotopic (exact) mass is 301 g/mol. The lowest BCUT2D eigenvalue weighted by Gasteiger charge is -2.25. The largest absolute Gasteiger partial charge is 0.416 e. The highest BCUT2D eigenvalue weighted by Crippen LogP contribution is 2.29. The van der Waals surface area contributed by atoms with Crippen LogP contribution in [0, 0.1) is 5.92 Å². The van der Waals surface area contributed by atoms with Gasteiger partial charge in [0.1, 0.15) is 0 Å². The van der Waals surface area contributed by atoms with Crippen LogP contribution in [0.25, 0.3) is 0 Å². The number of benzene rings is 1. The Labute approximate surface area is 121 Å². The van der Waals surface area contributed by atoms with Gasteiger partial charge < -0.3 is 10.4 Å². The zero-order valence-corrected chi connectivity index (χ0v) is 11.5. The van der Waals surface area contributed by atoms with E-state index >= 15 is 0 Å². The number of alkyl halides is 3. The van der Waals surface area contributed by atoms with E-state index in [1.54, 1.807) is 0 Å². The van der Waals surface area contributed by atoms with E-state index < -0.39 is 11.7 Å². The van der Waals surface area contributed by atoms with Gasteiger partial charge in [0.25, 0.3) is 5.91 Å². The number of amides is 1. The molecule has 1 aliphatic rings. The molecule has 1 fully saturated rings. The van der Waals surface area contributed by atoms with Crippen LogP contribution in [-0.4, -0.2) is 23.7 Å². The van der Waals surface area contributed by atoms with E-state index in [-0.39, 0.29) is 17.6 Å². The average Bonchev–Trinajstić information content (AvgIpc) is 2.45. The maximum absolute atomic E-state index is 12.4. The van der Waals surface area contributed by atoms with Gasteiger partial charge in [-0.05, 0) is 55.9 Å². The van der Waals surface area contributed by atoms with Crippen LogP contribution >= 0.6 is 0 Å². The summed E-state index contributed by atoms with van der Waals surface area (Å²) in [4.78, 5) is 11.9. The van der Waals surface area contributed by atoms with E-state index in [9.17, 15) is 23.1 Å². The molecule has 1 saturated carbocycles. The molecule has 0 bridgehead atoms. The molecule has 1 amide bonds. The number of halogens is 3. The lowest BCUT2D eigenvalue weighted by atomic mass is 9.87. The summed E-state index contributed by atoms with van der Waals surface area (Å²) in [5.41, 5.74) is -0.542. The Kier molecular flexibility index (Phi) is 4.88. The van der Waals surface area contributed by atoms with Crippen LogP contribution in [-0.2, 0) is 6.18 Å². The summed E-state index contributed by atoms with van der Waals surface area (Å²) < 4.78 is 37.3. The first-order valence-electron chi connectivity index (χ1n) is 7.00. The van der Waals surface area contributed by atoms with Gasteiger partial charge in [-0.25, -0.2) is 0 Å². The Balaban J connectivity index is 1.86. The maximum Gasteiger partial charge on any atom is 0.416 e. The Bertz CT molecular complexity index is 477. The van der Waals surface area contributed by atoms with Gasteiger partial charge in [0.05, 0.1) is 11.7 Å². The molecular formula is C15H18F3NO2. The van der Waals surface area contributed by atoms with E-state index in [0.717, 1.165) is 37.8 Å². The SMILES string of the molecule is O=C(NCC1CCC(O)CC1)c1ccc(C(F)(F)F)cc1. The fourth-order valence-electron chi connectivity index (χ4n) is 2.50. The summed E-state index contributed by atoms with van der Waals surface area (Å²) >= 11 is 0. The number of rotatable bonds is 3. The van der Waals surface area contributed by atoms with E-state index in [2.05, 4.69) is 5.32 Å². The minimum atomic E-state index is -4.39. The van der Waals surface area contributed by atoms with Gasteiger partial charge >= 0.3 is 6.18 Å². The fourth-order valence-corrected chi connectivity index (χ4v) is 2.50. The lowest BCUT2D eigenvalue weighted by molar-refractivity contribution is -0.137. The van der Waals surface area contributed by atoms with E-state index in [1.807, 2.05) is 0 Å². The van der Waals surface area contributed by atoms with Crippen molar-refractivity contribution >= 4 is 5.91 Å². The van der Waals surface area contributed by atoms with Crippen LogP contribution in [0.1, 0.15) is 41.6 Å². The quantitative estimate of drug-likeness (QED) is 0.901. The van der Waals surface area contributed by atoms with Gasteiger partial charge in [-0.2, -0.15) is 13.2 Å². The second kappa shape index (κ2) is 6.47. The van der Waals surface area contributed by atoms with E-state index in [0.29, 0.717) is 12.5 Å². The molecule has 0 radical (unpaired) electrons. The highest BCUT2D eigenvalue weighted by atomic mass is 19.4. The van der Waals surface area contributed by atoms with Crippen molar-refractivity contribution in [2.24, 2.45) is 5.92 Å². The molecule has 21 heavy (non-hydrogen) atoms. The van der Waals surface area contributed by atoms with Crippen LogP contribution in [0.4, 0.5) is 13.2 Å². The maximum atomic E-state index is 12.4. The van der Waals surface area contributed by atoms with Crippen molar-refractivity contribution < 1.29 is 23.1 Å². The molecule has 2 rings (SSSR count). The molecule has 1 aromatic carbocycles. The first-order valence-corrected chi connectivity index (χ1v) is 7.00. The smallest absolute Gasteiger partial charge is 0.393 e. The molecule has 3 nitrogen and oxygen atoms in total. The summed E-state index contributed by atoms with van der Waals surface area (Å²) in [6, 6.07) is 4.18. The number of aliphatic hydroxyl groups excluding tert-OH is 1. The number of carbonyl (C=O) groups is 1. The first kappa shape index (κ1) is 15.8. The Hall–Kier alpha value is -1.56. The summed E-state index contributed by atoms with van der Waals surface area (Å²) in [6.45, 7) is 0.493. The number of aliphatic hydroxyl groups is 1. The molecule has 0 atom stereocenters. The van der Waals surface area contributed by atoms with Gasteiger partial charge in [-0.1, -0.05) is 0 Å². The van der Waals surface area contributed by atoms with Crippen LogP contribution in [0.15, 0.2) is 24.3 Å². The summed E-state index contributed by atoms with van der Waals surface area (Å²) in [5.74, 6) is -0.0401. The zero-order chi connectivity index (χ0) is 15.5. The third kappa shape index (κ3) is 4.46. The van der Waals surface area contributed by atoms with Gasteiger partial charge in [0.15, 0.2) is 0 Å². The lowest BCUT2D eigenvalue weighted by Crippen LogP contribution is -2.32. The predicted molar refractivity (Wildman–Crippen MR) is 71.7 cm³/mol. The van der Waals surface area contributed by atoms with Gasteiger partial charge in [0.2, 0.25) is 0 Å². The third-order valence-electron chi connectivity index (χ3n) is 3.84. The van der Waals surface area contributed by atoms with Crippen molar-refractivity contribution in [3.05, 3.63) is 35.4 Å². The van der Waals surface area contributed by atoms with Crippen LogP contribution in [0.3, 0.4) is 0 Å². The summed E-state index contributed by atoms with van der Waals surface area (Å²) in [7, 11) is 0. The minimum absolute atomic E-state index is 0.221. The fraction of sp³-hybridized carbons (Fsp3) is 0.533. The van der Waals surface area contributed by atoms with Crippen LogP contribution in [0.2, 0.25) is 0 Å². The van der Waals surface area contributed by atoms with Crippen LogP contribution in [0.5, 0.6) is 0 Å². The highest BCUT2D eigenvalue weighted by molar-refractivity contribution is 5.94. The molecular weight excluding hydrogens is 283 g/mol. The number of hydrogen-bond donors (Lipinski definition) is 2. The molecule has 0 unspecified atom stereocenters. The van der Waals surface area contributed by atoms with Crippen molar-refractivity contribution in [2.75, 3.05) is 6.54 Å². The van der Waals surface area contributed by atoms with Gasteiger partial charge in [-0.15, -0.1) is 0 Å². The van der Waals surface area contributed by atoms with E-state index in [4.69, 9.17) is 0 Å². The second-order valence-electron chi connectivity index (χ2n) is 5.46. The van der Waals surface area contributed by atoms with Crippen molar-refractivity contribution in [2.45, 2.75) is 38.0 Å². The molecule has 2 N–H and O–H groups in total. The number of nitrogens with one attached hydrogen (secondary N) is 1. The molecule has 116 valence electrons. The molecule has 6 heteroatoms. The van der Waals surface area contributed by atoms with Gasteiger partial charge in [-0.3, -0.25) is 4.79 Å². The first-order chi connectivity index (χ1) is 9.86. The summed E-state index contributed by atoms with van der Waals surface area (Å²) in [6.07, 6.45) is -1.45. The second-order valence-corrected chi connectivity index (χ2v) is 5.46. The standard InChI is InChI=1S/C15H18F3NO2/c16-15(17,18)12-5-3-11(4-6-12)14(21)19-9-10-1-7-13(20)8-2-10/h3-6,10,13,20H,1-2,7-9H2,(H,19,21). The number of hydrogen-bond acceptors (Lipinski definition) is 2. The molecule has 0 heterocycles. The molecule has 0 aromatic heterocycles. The summed E-state index contributed by atoms with van der Waals surface area (Å²) in [5, 5.41) is 12.1. The van der Waals surface area contributed by atoms with E-state index in [1.165, 1.54) is 12.1 Å². The normalized spacial score (nSPS) is 22.9. The van der Waals surface area contributed by atoms with Crippen molar-refractivity contribution in [3.63, 3.8) is 0 Å². The van der Waals surface area contributed by atoms with Gasteiger partial charge in [0, 0.05) is 12.1 Å². The third-order valence-corrected chi connectivity index (χ3v) is 3.84. The number of carbonyl (C=O) groups excluding carboxylic acids is 1. The topological polar surface area (TPSA) is 49.3 Å². The molecule has 1 aromatic rings.